The third-order valence-electron chi connectivity index (χ3n) is 10.3. The quantitative estimate of drug-likeness (QED) is 0.0528. The molecule has 336 valence electrons. The number of hydrogen-bond acceptors (Lipinski definition) is 13. The molecule has 7 rings (SSSR count). The predicted molar refractivity (Wildman–Crippen MR) is 238 cm³/mol. The molecule has 0 radical (unpaired) electrons. The van der Waals surface area contributed by atoms with E-state index in [-0.39, 0.29) is 51.5 Å². The Bertz CT molecular complexity index is 2610. The van der Waals surface area contributed by atoms with Crippen molar-refractivity contribution in [3.05, 3.63) is 203 Å². The summed E-state index contributed by atoms with van der Waals surface area (Å²) in [7, 11) is 2.70. The number of carboxylic acids is 1. The summed E-state index contributed by atoms with van der Waals surface area (Å²) in [5.41, 5.74) is 1.75. The second kappa shape index (κ2) is 21.9. The van der Waals surface area contributed by atoms with Crippen LogP contribution in [0.25, 0.3) is 6.08 Å². The van der Waals surface area contributed by atoms with Crippen LogP contribution in [-0.2, 0) is 34.9 Å². The highest BCUT2D eigenvalue weighted by Crippen LogP contribution is 2.42. The van der Waals surface area contributed by atoms with Crippen molar-refractivity contribution in [1.29, 1.82) is 0 Å². The summed E-state index contributed by atoms with van der Waals surface area (Å²) in [6.07, 6.45) is -6.66. The minimum absolute atomic E-state index is 0.0318. The van der Waals surface area contributed by atoms with Gasteiger partial charge < -0.3 is 43.0 Å². The number of carbonyl (C=O) groups is 5. The molecule has 0 saturated carbocycles. The zero-order valence-electron chi connectivity index (χ0n) is 35.7. The molecular formula is C52H44O14. The fourth-order valence-electron chi connectivity index (χ4n) is 7.04. The molecule has 0 bridgehead atoms. The van der Waals surface area contributed by atoms with Crippen molar-refractivity contribution < 1.29 is 67.0 Å². The zero-order chi connectivity index (χ0) is 46.4. The Balaban J connectivity index is 1.34. The van der Waals surface area contributed by atoms with Gasteiger partial charge in [-0.15, -0.1) is 0 Å². The number of methoxy groups -OCH3 is 2. The van der Waals surface area contributed by atoms with Gasteiger partial charge in [0.15, 0.2) is 23.7 Å². The van der Waals surface area contributed by atoms with Gasteiger partial charge in [0.1, 0.15) is 12.7 Å². The number of carboxylic acid groups (broad SMARTS) is 1. The molecule has 1 heterocycles. The maximum Gasteiger partial charge on any atom is 0.338 e. The summed E-state index contributed by atoms with van der Waals surface area (Å²) in [6.45, 7) is -0.587. The zero-order valence-corrected chi connectivity index (χ0v) is 35.7. The van der Waals surface area contributed by atoms with E-state index in [1.165, 1.54) is 68.8 Å². The maximum atomic E-state index is 14.1. The summed E-state index contributed by atoms with van der Waals surface area (Å²) in [5, 5.41) is 10.2. The monoisotopic (exact) mass is 892 g/mol. The van der Waals surface area contributed by atoms with E-state index in [1.54, 1.807) is 84.9 Å². The first-order valence-corrected chi connectivity index (χ1v) is 20.7. The van der Waals surface area contributed by atoms with Crippen LogP contribution in [0.2, 0.25) is 0 Å². The summed E-state index contributed by atoms with van der Waals surface area (Å²) < 4.78 is 48.9. The van der Waals surface area contributed by atoms with E-state index >= 15 is 0 Å². The topological polar surface area (TPSA) is 179 Å². The normalized spacial score (nSPS) is 17.9. The molecule has 5 atom stereocenters. The average Bonchev–Trinajstić information content (AvgIpc) is 3.36. The van der Waals surface area contributed by atoms with Crippen LogP contribution in [0.5, 0.6) is 17.2 Å². The fourth-order valence-corrected chi connectivity index (χ4v) is 7.04. The van der Waals surface area contributed by atoms with Crippen molar-refractivity contribution in [2.45, 2.75) is 37.1 Å². The minimum Gasteiger partial charge on any atom is -0.493 e. The molecule has 1 N–H and O–H groups in total. The van der Waals surface area contributed by atoms with Gasteiger partial charge in [-0.1, -0.05) is 103 Å². The van der Waals surface area contributed by atoms with Crippen molar-refractivity contribution >= 4 is 35.9 Å². The van der Waals surface area contributed by atoms with Crippen molar-refractivity contribution in [1.82, 2.24) is 0 Å². The molecule has 0 aromatic heterocycles. The maximum absolute atomic E-state index is 14.1. The van der Waals surface area contributed by atoms with Gasteiger partial charge in [-0.25, -0.2) is 24.0 Å². The largest absolute Gasteiger partial charge is 0.493 e. The first kappa shape index (κ1) is 45.8. The number of hydrogen-bond donors (Lipinski definition) is 1. The second-order valence-corrected chi connectivity index (χ2v) is 14.7. The highest BCUT2D eigenvalue weighted by Gasteiger charge is 2.54. The Morgan fingerprint density at radius 1 is 0.545 bits per heavy atom. The minimum atomic E-state index is -1.74. The van der Waals surface area contributed by atoms with Crippen LogP contribution in [0.3, 0.4) is 0 Å². The number of benzene rings is 6. The Hall–Kier alpha value is -8.23. The number of rotatable bonds is 17. The summed E-state index contributed by atoms with van der Waals surface area (Å²) in [5.74, 6) is -4.58. The molecule has 0 aliphatic carbocycles. The van der Waals surface area contributed by atoms with E-state index < -0.39 is 67.2 Å². The fraction of sp³-hybridized carbons (Fsp3) is 0.173. The molecule has 1 saturated heterocycles. The van der Waals surface area contributed by atoms with Gasteiger partial charge in [-0.2, -0.15) is 0 Å². The molecule has 0 amide bonds. The van der Waals surface area contributed by atoms with Crippen molar-refractivity contribution in [3.63, 3.8) is 0 Å². The van der Waals surface area contributed by atoms with Crippen LogP contribution < -0.4 is 14.2 Å². The van der Waals surface area contributed by atoms with Gasteiger partial charge >= 0.3 is 29.8 Å². The number of esters is 4. The Kier molecular flexibility index (Phi) is 15.2. The molecular weight excluding hydrogens is 849 g/mol. The van der Waals surface area contributed by atoms with Crippen LogP contribution in [-0.4, -0.2) is 86.5 Å². The lowest BCUT2D eigenvalue weighted by Crippen LogP contribution is -2.64. The van der Waals surface area contributed by atoms with Gasteiger partial charge in [0.2, 0.25) is 18.1 Å². The number of ether oxygens (including phenoxy) is 8. The van der Waals surface area contributed by atoms with E-state index in [0.29, 0.717) is 5.56 Å². The van der Waals surface area contributed by atoms with E-state index in [9.17, 15) is 29.1 Å². The SMILES string of the molecule is COc1cc(C=C(Cc2ccccc2)C(=O)O)cc(OC)c1O[C@H]1O[C@H](COC(=O)c2ccccc2)[C@@H](OC(=O)c2ccccc2)[C@H](OC(=O)c2ccccc2)[C@@H]1OC(=O)c1ccccc1. The molecule has 6 aromatic carbocycles. The van der Waals surface area contributed by atoms with E-state index in [2.05, 4.69) is 0 Å². The third-order valence-corrected chi connectivity index (χ3v) is 10.3. The van der Waals surface area contributed by atoms with Crippen LogP contribution >= 0.6 is 0 Å². The lowest BCUT2D eigenvalue weighted by molar-refractivity contribution is -0.275. The van der Waals surface area contributed by atoms with E-state index in [0.717, 1.165) is 5.56 Å². The average molecular weight is 893 g/mol. The smallest absolute Gasteiger partial charge is 0.338 e. The standard InChI is InChI=1S/C52H44O14/c1-59-40-30-34(29-39(47(53)54)28-33-18-8-3-9-19-33)31-41(60-2)43(40)66-52-46(65-51(58)38-26-16-7-17-27-38)45(64-50(57)37-24-14-6-15-25-37)44(63-49(56)36-22-12-5-13-23-36)42(62-52)32-61-48(55)35-20-10-4-11-21-35/h3-27,29-31,42,44-46,52H,28,32H2,1-2H3,(H,53,54)/t42-,44-,45+,46+,52-/m1/s1. The van der Waals surface area contributed by atoms with Crippen LogP contribution in [0.15, 0.2) is 169 Å². The highest BCUT2D eigenvalue weighted by atomic mass is 16.7. The lowest BCUT2D eigenvalue weighted by atomic mass is 9.97. The van der Waals surface area contributed by atoms with E-state index in [4.69, 9.17) is 37.9 Å². The Labute approximate surface area is 379 Å². The first-order chi connectivity index (χ1) is 32.1. The molecule has 0 spiro atoms. The third kappa shape index (κ3) is 11.5. The molecule has 0 unspecified atom stereocenters. The molecule has 14 heteroatoms. The van der Waals surface area contributed by atoms with Gasteiger partial charge in [0, 0.05) is 12.0 Å². The molecule has 1 aliphatic heterocycles. The van der Waals surface area contributed by atoms with Crippen LogP contribution in [0.1, 0.15) is 52.6 Å². The first-order valence-electron chi connectivity index (χ1n) is 20.7. The molecule has 1 fully saturated rings. The predicted octanol–water partition coefficient (Wildman–Crippen LogP) is 8.05. The molecule has 6 aromatic rings. The molecule has 1 aliphatic rings. The summed E-state index contributed by atoms with van der Waals surface area (Å²) in [6, 6.07) is 44.1. The Morgan fingerprint density at radius 3 is 1.39 bits per heavy atom. The lowest BCUT2D eigenvalue weighted by Gasteiger charge is -2.44. The Morgan fingerprint density at radius 2 is 0.955 bits per heavy atom. The van der Waals surface area contributed by atoms with Crippen molar-refractivity contribution in [2.75, 3.05) is 20.8 Å². The summed E-state index contributed by atoms with van der Waals surface area (Å²) in [4.78, 5) is 67.9. The second-order valence-electron chi connectivity index (χ2n) is 14.7. The van der Waals surface area contributed by atoms with Gasteiger partial charge in [-0.3, -0.25) is 0 Å². The van der Waals surface area contributed by atoms with E-state index in [1.807, 2.05) is 30.3 Å². The molecule has 66 heavy (non-hydrogen) atoms. The van der Waals surface area contributed by atoms with Crippen molar-refractivity contribution in [3.8, 4) is 17.2 Å². The van der Waals surface area contributed by atoms with Gasteiger partial charge in [0.05, 0.1) is 36.5 Å². The number of aliphatic carboxylic acids is 1. The molecule has 14 nitrogen and oxygen atoms in total. The van der Waals surface area contributed by atoms with Gasteiger partial charge in [0.25, 0.3) is 0 Å². The number of carbonyl (C=O) groups excluding carboxylic acids is 4. The summed E-state index contributed by atoms with van der Waals surface area (Å²) >= 11 is 0. The highest BCUT2D eigenvalue weighted by molar-refractivity contribution is 5.93. The van der Waals surface area contributed by atoms with Crippen molar-refractivity contribution in [2.24, 2.45) is 0 Å². The van der Waals surface area contributed by atoms with Gasteiger partial charge in [-0.05, 0) is 77.9 Å². The van der Waals surface area contributed by atoms with Crippen LogP contribution in [0, 0.1) is 0 Å². The van der Waals surface area contributed by atoms with Crippen LogP contribution in [0.4, 0.5) is 0 Å².